The van der Waals surface area contributed by atoms with Crippen LogP contribution in [0.3, 0.4) is 0 Å². The van der Waals surface area contributed by atoms with Gasteiger partial charge in [-0.2, -0.15) is 5.26 Å². The molecule has 1 aliphatic rings. The number of nitrogens with one attached hydrogen (secondary N) is 2. The number of nitrogens with zero attached hydrogens (tertiary/aromatic N) is 3. The van der Waals surface area contributed by atoms with Crippen molar-refractivity contribution in [1.29, 1.82) is 5.26 Å². The minimum Gasteiger partial charge on any atom is -0.497 e. The third-order valence-electron chi connectivity index (χ3n) is 6.55. The Hall–Kier alpha value is -4.97. The largest absolute Gasteiger partial charge is 0.497 e. The molecule has 5 rings (SSSR count). The van der Waals surface area contributed by atoms with Crippen molar-refractivity contribution in [1.82, 2.24) is 15.3 Å². The summed E-state index contributed by atoms with van der Waals surface area (Å²) in [5.74, 6) is -0.605. The van der Waals surface area contributed by atoms with Crippen molar-refractivity contribution in [3.05, 3.63) is 95.3 Å². The van der Waals surface area contributed by atoms with Crippen LogP contribution in [0.2, 0.25) is 0 Å². The second kappa shape index (κ2) is 11.0. The predicted octanol–water partition coefficient (Wildman–Crippen LogP) is 4.64. The highest BCUT2D eigenvalue weighted by Gasteiger charge is 2.40. The zero-order valence-corrected chi connectivity index (χ0v) is 20.7. The maximum atomic E-state index is 13.6. The van der Waals surface area contributed by atoms with Crippen molar-refractivity contribution in [3.63, 3.8) is 0 Å². The molecule has 9 heteroatoms. The summed E-state index contributed by atoms with van der Waals surface area (Å²) in [4.78, 5) is 38.0. The van der Waals surface area contributed by atoms with Crippen LogP contribution in [0.5, 0.6) is 5.75 Å². The van der Waals surface area contributed by atoms with Crippen molar-refractivity contribution in [3.8, 4) is 11.8 Å². The lowest BCUT2D eigenvalue weighted by Crippen LogP contribution is -2.45. The highest BCUT2D eigenvalue weighted by molar-refractivity contribution is 6.09. The number of methoxy groups -OCH3 is 1. The molecule has 0 spiro atoms. The number of carbonyl (C=O) groups is 2. The summed E-state index contributed by atoms with van der Waals surface area (Å²) in [5.41, 5.74) is 4.03. The molecule has 0 bridgehead atoms. The van der Waals surface area contributed by atoms with Gasteiger partial charge in [0.25, 0.3) is 0 Å². The second-order valence-corrected chi connectivity index (χ2v) is 8.92. The lowest BCUT2D eigenvalue weighted by atomic mass is 9.85. The second-order valence-electron chi connectivity index (χ2n) is 8.92. The van der Waals surface area contributed by atoms with Gasteiger partial charge >= 0.3 is 12.0 Å². The Bertz CT molecular complexity index is 1550. The molecule has 3 heterocycles. The molecule has 2 aromatic carbocycles. The van der Waals surface area contributed by atoms with Gasteiger partial charge in [0, 0.05) is 29.1 Å². The Labute approximate surface area is 219 Å². The van der Waals surface area contributed by atoms with Crippen LogP contribution in [0.4, 0.5) is 4.79 Å². The molecule has 190 valence electrons. The van der Waals surface area contributed by atoms with Gasteiger partial charge in [-0.05, 0) is 60.4 Å². The predicted molar refractivity (Wildman–Crippen MR) is 141 cm³/mol. The SMILES string of the molecule is COc1ccc(CCC2=NC(=O)NC(c3c[nH]c4ncccc34)C2C(=O)OCc2cccc(C#N)c2)cc1. The third-order valence-corrected chi connectivity index (χ3v) is 6.55. The Morgan fingerprint density at radius 2 is 1.92 bits per heavy atom. The molecule has 0 fully saturated rings. The fraction of sp³-hybridized carbons (Fsp3) is 0.207. The van der Waals surface area contributed by atoms with Crippen LogP contribution in [0.25, 0.3) is 11.0 Å². The lowest BCUT2D eigenvalue weighted by Gasteiger charge is -2.30. The van der Waals surface area contributed by atoms with Gasteiger partial charge in [-0.15, -0.1) is 0 Å². The van der Waals surface area contributed by atoms with Gasteiger partial charge in [-0.1, -0.05) is 24.3 Å². The number of esters is 1. The molecule has 0 saturated carbocycles. The first-order chi connectivity index (χ1) is 18.6. The van der Waals surface area contributed by atoms with E-state index in [1.165, 1.54) is 0 Å². The van der Waals surface area contributed by atoms with Crippen LogP contribution in [0.15, 0.2) is 78.0 Å². The van der Waals surface area contributed by atoms with Gasteiger partial charge in [0.15, 0.2) is 0 Å². The summed E-state index contributed by atoms with van der Waals surface area (Å²) in [5, 5.41) is 12.9. The molecule has 2 unspecified atom stereocenters. The molecule has 4 aromatic rings. The van der Waals surface area contributed by atoms with E-state index in [-0.39, 0.29) is 6.61 Å². The van der Waals surface area contributed by atoms with Crippen LogP contribution in [0.1, 0.15) is 34.7 Å². The van der Waals surface area contributed by atoms with Gasteiger partial charge in [0.2, 0.25) is 0 Å². The quantitative estimate of drug-likeness (QED) is 0.334. The Kier molecular flexibility index (Phi) is 7.13. The fourth-order valence-corrected chi connectivity index (χ4v) is 4.66. The van der Waals surface area contributed by atoms with Gasteiger partial charge in [-0.25, -0.2) is 14.8 Å². The fourth-order valence-electron chi connectivity index (χ4n) is 4.66. The number of aryl methyl sites for hydroxylation is 1. The first-order valence-electron chi connectivity index (χ1n) is 12.1. The van der Waals surface area contributed by atoms with Gasteiger partial charge in [0.05, 0.1) is 24.8 Å². The number of pyridine rings is 1. The molecule has 9 nitrogen and oxygen atoms in total. The first-order valence-corrected chi connectivity index (χ1v) is 12.1. The summed E-state index contributed by atoms with van der Waals surface area (Å²) < 4.78 is 11.0. The van der Waals surface area contributed by atoms with E-state index in [9.17, 15) is 14.9 Å². The molecule has 2 aromatic heterocycles. The van der Waals surface area contributed by atoms with E-state index >= 15 is 0 Å². The molecule has 0 saturated heterocycles. The molecule has 2 atom stereocenters. The number of urea groups is 1. The molecule has 2 N–H and O–H groups in total. The van der Waals surface area contributed by atoms with E-state index in [1.54, 1.807) is 49.8 Å². The van der Waals surface area contributed by atoms with Gasteiger partial charge in [-0.3, -0.25) is 4.79 Å². The molecular weight excluding hydrogens is 482 g/mol. The standard InChI is InChI=1S/C29H25N5O4/c1-37-21-10-7-18(8-11-21)9-12-24-25(28(35)38-17-20-5-2-4-19(14-20)15-30)26(34-29(36)33-24)23-16-32-27-22(23)6-3-13-31-27/h2-8,10-11,13-14,16,25-26H,9,12,17H2,1H3,(H,31,32)(H,34,36). The van der Waals surface area contributed by atoms with E-state index in [0.29, 0.717) is 35.3 Å². The van der Waals surface area contributed by atoms with Crippen molar-refractivity contribution in [2.24, 2.45) is 10.9 Å². The number of rotatable bonds is 8. The lowest BCUT2D eigenvalue weighted by molar-refractivity contribution is -0.148. The smallest absolute Gasteiger partial charge is 0.341 e. The number of carbonyl (C=O) groups excluding carboxylic acids is 2. The maximum Gasteiger partial charge on any atom is 0.341 e. The minimum absolute atomic E-state index is 0.00722. The summed E-state index contributed by atoms with van der Waals surface area (Å²) in [6, 6.07) is 19.1. The van der Waals surface area contributed by atoms with E-state index in [0.717, 1.165) is 22.3 Å². The number of H-pyrrole nitrogens is 1. The number of aromatic amines is 1. The number of hydrogen-bond donors (Lipinski definition) is 2. The van der Waals surface area contributed by atoms with Crippen LogP contribution in [0, 0.1) is 17.2 Å². The molecule has 0 radical (unpaired) electrons. The summed E-state index contributed by atoms with van der Waals surface area (Å²) in [6.07, 6.45) is 4.39. The van der Waals surface area contributed by atoms with E-state index in [4.69, 9.17) is 9.47 Å². The molecule has 2 amide bonds. The molecule has 38 heavy (non-hydrogen) atoms. The van der Waals surface area contributed by atoms with Crippen LogP contribution in [-0.4, -0.2) is 34.8 Å². The van der Waals surface area contributed by atoms with Crippen molar-refractivity contribution in [2.45, 2.75) is 25.5 Å². The average molecular weight is 508 g/mol. The van der Waals surface area contributed by atoms with Crippen LogP contribution in [-0.2, 0) is 22.6 Å². The molecule has 0 aliphatic carbocycles. The average Bonchev–Trinajstić information content (AvgIpc) is 3.39. The third kappa shape index (κ3) is 5.25. The Morgan fingerprint density at radius 1 is 1.08 bits per heavy atom. The monoisotopic (exact) mass is 507 g/mol. The highest BCUT2D eigenvalue weighted by atomic mass is 16.5. The van der Waals surface area contributed by atoms with Gasteiger partial charge < -0.3 is 19.8 Å². The number of nitriles is 1. The number of amides is 2. The Balaban J connectivity index is 1.44. The van der Waals surface area contributed by atoms with Crippen molar-refractivity contribution < 1.29 is 19.1 Å². The zero-order valence-electron chi connectivity index (χ0n) is 20.7. The van der Waals surface area contributed by atoms with E-state index < -0.39 is 24.0 Å². The zero-order chi connectivity index (χ0) is 26.5. The Morgan fingerprint density at radius 3 is 2.71 bits per heavy atom. The van der Waals surface area contributed by atoms with Crippen LogP contribution >= 0.6 is 0 Å². The van der Waals surface area contributed by atoms with E-state index in [2.05, 4.69) is 26.3 Å². The number of aromatic nitrogens is 2. The number of ether oxygens (including phenoxy) is 2. The number of fused-ring (bicyclic) bond motifs is 1. The van der Waals surface area contributed by atoms with Crippen molar-refractivity contribution in [2.75, 3.05) is 7.11 Å². The molecule has 1 aliphatic heterocycles. The van der Waals surface area contributed by atoms with Crippen molar-refractivity contribution >= 4 is 28.7 Å². The first kappa shape index (κ1) is 24.7. The van der Waals surface area contributed by atoms with Gasteiger partial charge in [0.1, 0.15) is 23.9 Å². The molecular formula is C29H25N5O4. The number of benzene rings is 2. The summed E-state index contributed by atoms with van der Waals surface area (Å²) in [6.45, 7) is -0.00722. The minimum atomic E-state index is -0.843. The normalized spacial score (nSPS) is 16.8. The topological polar surface area (TPSA) is 129 Å². The summed E-state index contributed by atoms with van der Waals surface area (Å²) in [7, 11) is 1.61. The summed E-state index contributed by atoms with van der Waals surface area (Å²) >= 11 is 0. The number of aliphatic imine (C=N–C) groups is 1. The van der Waals surface area contributed by atoms with E-state index in [1.807, 2.05) is 30.3 Å². The van der Waals surface area contributed by atoms with Crippen LogP contribution < -0.4 is 10.1 Å². The number of hydrogen-bond acceptors (Lipinski definition) is 6. The highest BCUT2D eigenvalue weighted by Crippen LogP contribution is 2.34. The maximum absolute atomic E-state index is 13.6.